The highest BCUT2D eigenvalue weighted by atomic mass is 35.5. The Morgan fingerprint density at radius 1 is 1.30 bits per heavy atom. The van der Waals surface area contributed by atoms with Crippen molar-refractivity contribution in [1.29, 1.82) is 0 Å². The minimum absolute atomic E-state index is 0.736. The Kier molecular flexibility index (Phi) is 4.85. The summed E-state index contributed by atoms with van der Waals surface area (Å²) >= 11 is 5.50. The van der Waals surface area contributed by atoms with Gasteiger partial charge in [0.2, 0.25) is 0 Å². The van der Waals surface area contributed by atoms with E-state index in [0.717, 1.165) is 18.7 Å². The van der Waals surface area contributed by atoms with Crippen LogP contribution < -0.4 is 0 Å². The summed E-state index contributed by atoms with van der Waals surface area (Å²) < 4.78 is 0. The molecule has 0 aromatic carbocycles. The zero-order chi connectivity index (χ0) is 8.04. The van der Waals surface area contributed by atoms with Crippen LogP contribution in [-0.4, -0.2) is 14.0 Å². The maximum absolute atomic E-state index is 5.50. The highest BCUT2D eigenvalue weighted by Gasteiger charge is 2.06. The first-order valence-electron chi connectivity index (χ1n) is 3.62. The Morgan fingerprint density at radius 2 is 1.90 bits per heavy atom. The Labute approximate surface area is 70.0 Å². The van der Waals surface area contributed by atoms with Gasteiger partial charge in [-0.25, -0.2) is 0 Å². The van der Waals surface area contributed by atoms with E-state index in [2.05, 4.69) is 31.1 Å². The van der Waals surface area contributed by atoms with Crippen molar-refractivity contribution in [3.8, 4) is 11.5 Å². The first-order valence-corrected chi connectivity index (χ1v) is 7.66. The standard InChI is InChI=1S/C8H15ClSi/c1-10(2,3)8-6-4-5-7-9/h4-5,7H2,1-3H3. The van der Waals surface area contributed by atoms with Crippen LogP contribution >= 0.6 is 11.6 Å². The van der Waals surface area contributed by atoms with Crippen LogP contribution in [-0.2, 0) is 0 Å². The summed E-state index contributed by atoms with van der Waals surface area (Å²) in [5.41, 5.74) is 3.29. The van der Waals surface area contributed by atoms with Gasteiger partial charge in [-0.1, -0.05) is 19.6 Å². The Bertz CT molecular complexity index is 136. The van der Waals surface area contributed by atoms with Gasteiger partial charge in [-0.2, -0.15) is 0 Å². The minimum atomic E-state index is -1.11. The Balaban J connectivity index is 3.50. The molecular weight excluding hydrogens is 160 g/mol. The molecular formula is C8H15ClSi. The van der Waals surface area contributed by atoms with E-state index in [1.165, 1.54) is 0 Å². The van der Waals surface area contributed by atoms with Gasteiger partial charge in [0.05, 0.1) is 0 Å². The zero-order valence-corrected chi connectivity index (χ0v) is 8.76. The van der Waals surface area contributed by atoms with Crippen molar-refractivity contribution in [3.05, 3.63) is 0 Å². The van der Waals surface area contributed by atoms with Crippen LogP contribution in [0.15, 0.2) is 0 Å². The van der Waals surface area contributed by atoms with Crippen molar-refractivity contribution >= 4 is 19.7 Å². The van der Waals surface area contributed by atoms with Gasteiger partial charge in [-0.05, 0) is 6.42 Å². The van der Waals surface area contributed by atoms with Gasteiger partial charge in [-0.15, -0.1) is 23.1 Å². The van der Waals surface area contributed by atoms with Crippen molar-refractivity contribution in [2.45, 2.75) is 32.5 Å². The van der Waals surface area contributed by atoms with Crippen LogP contribution in [0.25, 0.3) is 0 Å². The molecule has 0 aliphatic rings. The molecule has 0 saturated carbocycles. The maximum Gasteiger partial charge on any atom is 0.129 e. The van der Waals surface area contributed by atoms with Crippen molar-refractivity contribution in [3.63, 3.8) is 0 Å². The van der Waals surface area contributed by atoms with Gasteiger partial charge in [0.1, 0.15) is 8.07 Å². The summed E-state index contributed by atoms with van der Waals surface area (Å²) in [4.78, 5) is 0. The first kappa shape index (κ1) is 10.1. The molecule has 10 heavy (non-hydrogen) atoms. The number of alkyl halides is 1. The van der Waals surface area contributed by atoms with Crippen molar-refractivity contribution < 1.29 is 0 Å². The summed E-state index contributed by atoms with van der Waals surface area (Å²) in [6, 6.07) is 0. The minimum Gasteiger partial charge on any atom is -0.132 e. The average Bonchev–Trinajstić information content (AvgIpc) is 1.78. The Hall–Kier alpha value is 0.0669. The van der Waals surface area contributed by atoms with E-state index in [9.17, 15) is 0 Å². The highest BCUT2D eigenvalue weighted by molar-refractivity contribution is 6.83. The van der Waals surface area contributed by atoms with Crippen molar-refractivity contribution in [1.82, 2.24) is 0 Å². The lowest BCUT2D eigenvalue weighted by Gasteiger charge is -2.02. The molecule has 0 radical (unpaired) electrons. The van der Waals surface area contributed by atoms with Crippen LogP contribution in [0.4, 0.5) is 0 Å². The van der Waals surface area contributed by atoms with Gasteiger partial charge in [0.15, 0.2) is 0 Å². The van der Waals surface area contributed by atoms with Crippen molar-refractivity contribution in [2.24, 2.45) is 0 Å². The van der Waals surface area contributed by atoms with E-state index in [0.29, 0.717) is 0 Å². The molecule has 0 aromatic heterocycles. The number of unbranched alkanes of at least 4 members (excludes halogenated alkanes) is 1. The SMILES string of the molecule is C[Si](C)(C)C#CCCCCl. The number of hydrogen-bond acceptors (Lipinski definition) is 0. The van der Waals surface area contributed by atoms with E-state index in [4.69, 9.17) is 11.6 Å². The predicted octanol–water partition coefficient (Wildman–Crippen LogP) is 2.89. The van der Waals surface area contributed by atoms with Crippen LogP contribution in [0.1, 0.15) is 12.8 Å². The predicted molar refractivity (Wildman–Crippen MR) is 51.1 cm³/mol. The fourth-order valence-electron chi connectivity index (χ4n) is 0.483. The van der Waals surface area contributed by atoms with Gasteiger partial charge in [0, 0.05) is 12.3 Å². The topological polar surface area (TPSA) is 0 Å². The van der Waals surface area contributed by atoms with Crippen LogP contribution in [0.3, 0.4) is 0 Å². The number of hydrogen-bond donors (Lipinski definition) is 0. The quantitative estimate of drug-likeness (QED) is 0.262. The molecule has 0 heterocycles. The highest BCUT2D eigenvalue weighted by Crippen LogP contribution is 1.97. The summed E-state index contributed by atoms with van der Waals surface area (Å²) in [5, 5.41) is 0. The van der Waals surface area contributed by atoms with Crippen LogP contribution in [0.5, 0.6) is 0 Å². The van der Waals surface area contributed by atoms with Crippen LogP contribution in [0.2, 0.25) is 19.6 Å². The zero-order valence-electron chi connectivity index (χ0n) is 7.00. The maximum atomic E-state index is 5.50. The van der Waals surface area contributed by atoms with Gasteiger partial charge in [-0.3, -0.25) is 0 Å². The molecule has 0 saturated heterocycles. The fourth-order valence-corrected chi connectivity index (χ4v) is 1.27. The molecule has 0 aliphatic heterocycles. The number of rotatable bonds is 2. The normalized spacial score (nSPS) is 10.4. The molecule has 0 aliphatic carbocycles. The second-order valence-corrected chi connectivity index (χ2v) is 8.47. The fraction of sp³-hybridized carbons (Fsp3) is 0.750. The molecule has 2 heteroatoms. The van der Waals surface area contributed by atoms with Gasteiger partial charge in [0.25, 0.3) is 0 Å². The summed E-state index contributed by atoms with van der Waals surface area (Å²) in [6.45, 7) is 6.75. The first-order chi connectivity index (χ1) is 4.56. The lowest BCUT2D eigenvalue weighted by molar-refractivity contribution is 0.992. The smallest absolute Gasteiger partial charge is 0.129 e. The summed E-state index contributed by atoms with van der Waals surface area (Å²) in [5.74, 6) is 3.89. The van der Waals surface area contributed by atoms with E-state index in [1.807, 2.05) is 0 Å². The third-order valence-electron chi connectivity index (χ3n) is 0.899. The largest absolute Gasteiger partial charge is 0.132 e. The van der Waals surface area contributed by atoms with E-state index >= 15 is 0 Å². The molecule has 0 nitrogen and oxygen atoms in total. The molecule has 0 spiro atoms. The van der Waals surface area contributed by atoms with Crippen LogP contribution in [0, 0.1) is 11.5 Å². The van der Waals surface area contributed by atoms with E-state index < -0.39 is 8.07 Å². The molecule has 0 fully saturated rings. The molecule has 0 aromatic rings. The summed E-state index contributed by atoms with van der Waals surface area (Å²) in [6.07, 6.45) is 1.99. The Morgan fingerprint density at radius 3 is 2.30 bits per heavy atom. The van der Waals surface area contributed by atoms with Gasteiger partial charge >= 0.3 is 0 Å². The lowest BCUT2D eigenvalue weighted by Crippen LogP contribution is -2.16. The molecule has 58 valence electrons. The summed E-state index contributed by atoms with van der Waals surface area (Å²) in [7, 11) is -1.11. The molecule has 0 unspecified atom stereocenters. The monoisotopic (exact) mass is 174 g/mol. The lowest BCUT2D eigenvalue weighted by atomic mass is 10.4. The molecule has 0 N–H and O–H groups in total. The third kappa shape index (κ3) is 8.07. The third-order valence-corrected chi connectivity index (χ3v) is 2.09. The molecule has 0 rings (SSSR count). The van der Waals surface area contributed by atoms with E-state index in [-0.39, 0.29) is 0 Å². The molecule has 0 bridgehead atoms. The van der Waals surface area contributed by atoms with Crippen molar-refractivity contribution in [2.75, 3.05) is 5.88 Å². The second-order valence-electron chi connectivity index (χ2n) is 3.34. The second kappa shape index (κ2) is 4.82. The number of halogens is 1. The van der Waals surface area contributed by atoms with Gasteiger partial charge < -0.3 is 0 Å². The molecule has 0 amide bonds. The van der Waals surface area contributed by atoms with E-state index in [1.54, 1.807) is 0 Å². The average molecular weight is 175 g/mol. The molecule has 0 atom stereocenters.